The molecule has 1 aliphatic heterocycles. The quantitative estimate of drug-likeness (QED) is 0.701. The Labute approximate surface area is 100 Å². The van der Waals surface area contributed by atoms with Crippen LogP contribution in [-0.4, -0.2) is 9.55 Å². The first kappa shape index (κ1) is 11.2. The van der Waals surface area contributed by atoms with Crippen LogP contribution in [0, 0.1) is 0 Å². The van der Waals surface area contributed by atoms with Crippen molar-refractivity contribution in [1.82, 2.24) is 9.55 Å². The first-order valence-electron chi connectivity index (χ1n) is 5.67. The molecule has 84 valence electrons. The summed E-state index contributed by atoms with van der Waals surface area (Å²) >= 11 is 3.60. The number of nitrogens with zero attached hydrogens (tertiary/aromatic N) is 2. The number of hydrogen-bond donors (Lipinski definition) is 0. The standard InChI is InChI=1S/C12H19BrN2/c1-8-6-5-7-15-9(8)10(13)14-11(15)12(2,3)4/h8H,5-7H2,1-4H3. The van der Waals surface area contributed by atoms with Crippen LogP contribution < -0.4 is 0 Å². The van der Waals surface area contributed by atoms with E-state index in [0.717, 1.165) is 11.1 Å². The average Bonchev–Trinajstić information content (AvgIpc) is 2.44. The van der Waals surface area contributed by atoms with Gasteiger partial charge in [-0.1, -0.05) is 27.7 Å². The molecule has 1 aromatic rings. The van der Waals surface area contributed by atoms with E-state index in [1.807, 2.05) is 0 Å². The van der Waals surface area contributed by atoms with Crippen LogP contribution in [0.25, 0.3) is 0 Å². The van der Waals surface area contributed by atoms with Gasteiger partial charge in [0, 0.05) is 12.0 Å². The van der Waals surface area contributed by atoms with E-state index in [4.69, 9.17) is 4.98 Å². The van der Waals surface area contributed by atoms with Gasteiger partial charge in [-0.05, 0) is 34.7 Å². The minimum Gasteiger partial charge on any atom is -0.330 e. The molecule has 0 N–H and O–H groups in total. The summed E-state index contributed by atoms with van der Waals surface area (Å²) in [4.78, 5) is 4.69. The van der Waals surface area contributed by atoms with Crippen molar-refractivity contribution >= 4 is 15.9 Å². The van der Waals surface area contributed by atoms with Crippen molar-refractivity contribution in [1.29, 1.82) is 0 Å². The van der Waals surface area contributed by atoms with Crippen molar-refractivity contribution < 1.29 is 0 Å². The number of fused-ring (bicyclic) bond motifs is 1. The third-order valence-corrected chi connectivity index (χ3v) is 3.70. The van der Waals surface area contributed by atoms with Crippen molar-refractivity contribution in [3.63, 3.8) is 0 Å². The number of halogens is 1. The second-order valence-electron chi connectivity index (χ2n) is 5.56. The number of aromatic nitrogens is 2. The molecule has 2 rings (SSSR count). The van der Waals surface area contributed by atoms with Crippen molar-refractivity contribution in [3.05, 3.63) is 16.1 Å². The topological polar surface area (TPSA) is 17.8 Å². The van der Waals surface area contributed by atoms with Crippen LogP contribution in [0.1, 0.15) is 58.0 Å². The van der Waals surface area contributed by atoms with Crippen LogP contribution >= 0.6 is 15.9 Å². The van der Waals surface area contributed by atoms with Gasteiger partial charge in [0.2, 0.25) is 0 Å². The van der Waals surface area contributed by atoms with Gasteiger partial charge in [0.25, 0.3) is 0 Å². The molecule has 0 amide bonds. The van der Waals surface area contributed by atoms with E-state index in [-0.39, 0.29) is 5.41 Å². The Morgan fingerprint density at radius 2 is 2.07 bits per heavy atom. The fraction of sp³-hybridized carbons (Fsp3) is 0.750. The summed E-state index contributed by atoms with van der Waals surface area (Å²) < 4.78 is 3.47. The maximum Gasteiger partial charge on any atom is 0.127 e. The van der Waals surface area contributed by atoms with Crippen molar-refractivity contribution in [2.24, 2.45) is 0 Å². The molecule has 0 bridgehead atoms. The van der Waals surface area contributed by atoms with Gasteiger partial charge < -0.3 is 4.57 Å². The van der Waals surface area contributed by atoms with Gasteiger partial charge in [-0.2, -0.15) is 0 Å². The van der Waals surface area contributed by atoms with Crippen LogP contribution in [0.5, 0.6) is 0 Å². The molecular weight excluding hydrogens is 252 g/mol. The Bertz CT molecular complexity index is 374. The molecule has 0 saturated carbocycles. The first-order valence-corrected chi connectivity index (χ1v) is 6.47. The maximum absolute atomic E-state index is 4.69. The Hall–Kier alpha value is -0.310. The SMILES string of the molecule is CC1CCCn2c(C(C)(C)C)nc(Br)c21. The molecule has 0 fully saturated rings. The summed E-state index contributed by atoms with van der Waals surface area (Å²) in [5, 5.41) is 0. The van der Waals surface area contributed by atoms with Gasteiger partial charge in [-0.25, -0.2) is 4.98 Å². The average molecular weight is 271 g/mol. The van der Waals surface area contributed by atoms with E-state index in [1.54, 1.807) is 0 Å². The van der Waals surface area contributed by atoms with Crippen molar-refractivity contribution in [3.8, 4) is 0 Å². The molecule has 2 heterocycles. The molecule has 0 aliphatic carbocycles. The zero-order chi connectivity index (χ0) is 11.2. The van der Waals surface area contributed by atoms with E-state index >= 15 is 0 Å². The molecule has 2 nitrogen and oxygen atoms in total. The lowest BCUT2D eigenvalue weighted by atomic mass is 9.94. The molecule has 1 aromatic heterocycles. The summed E-state index contributed by atoms with van der Waals surface area (Å²) in [5.74, 6) is 1.85. The Balaban J connectivity index is 2.56. The highest BCUT2D eigenvalue weighted by atomic mass is 79.9. The van der Waals surface area contributed by atoms with Crippen LogP contribution in [0.2, 0.25) is 0 Å². The van der Waals surface area contributed by atoms with Crippen molar-refractivity contribution in [2.75, 3.05) is 0 Å². The largest absolute Gasteiger partial charge is 0.330 e. The number of rotatable bonds is 0. The summed E-state index contributed by atoms with van der Waals surface area (Å²) in [6.07, 6.45) is 2.56. The molecule has 1 aliphatic rings. The Morgan fingerprint density at radius 1 is 1.40 bits per heavy atom. The van der Waals surface area contributed by atoms with Crippen LogP contribution in [-0.2, 0) is 12.0 Å². The molecule has 0 radical (unpaired) electrons. The Kier molecular flexibility index (Phi) is 2.70. The van der Waals surface area contributed by atoms with Gasteiger partial charge in [-0.3, -0.25) is 0 Å². The number of hydrogen-bond acceptors (Lipinski definition) is 1. The predicted molar refractivity (Wildman–Crippen MR) is 66.3 cm³/mol. The molecule has 1 unspecified atom stereocenters. The molecule has 15 heavy (non-hydrogen) atoms. The Morgan fingerprint density at radius 3 is 2.67 bits per heavy atom. The highest BCUT2D eigenvalue weighted by Crippen LogP contribution is 2.36. The van der Waals surface area contributed by atoms with Crippen LogP contribution in [0.3, 0.4) is 0 Å². The minimum atomic E-state index is 0.137. The third-order valence-electron chi connectivity index (χ3n) is 3.12. The number of imidazole rings is 1. The highest BCUT2D eigenvalue weighted by Gasteiger charge is 2.29. The monoisotopic (exact) mass is 270 g/mol. The summed E-state index contributed by atoms with van der Waals surface area (Å²) in [6.45, 7) is 10.1. The van der Waals surface area contributed by atoms with Gasteiger partial charge in [0.1, 0.15) is 10.4 Å². The molecule has 0 spiro atoms. The third kappa shape index (κ3) is 1.86. The fourth-order valence-corrected chi connectivity index (χ4v) is 3.17. The lowest BCUT2D eigenvalue weighted by molar-refractivity contribution is 0.425. The molecule has 0 aromatic carbocycles. The predicted octanol–water partition coefficient (Wildman–Crippen LogP) is 3.84. The van der Waals surface area contributed by atoms with E-state index in [9.17, 15) is 0 Å². The van der Waals surface area contributed by atoms with E-state index in [1.165, 1.54) is 24.4 Å². The first-order chi connectivity index (χ1) is 6.91. The highest BCUT2D eigenvalue weighted by molar-refractivity contribution is 9.10. The lowest BCUT2D eigenvalue weighted by Gasteiger charge is -2.26. The zero-order valence-corrected chi connectivity index (χ0v) is 11.6. The van der Waals surface area contributed by atoms with E-state index in [0.29, 0.717) is 5.92 Å². The van der Waals surface area contributed by atoms with E-state index < -0.39 is 0 Å². The van der Waals surface area contributed by atoms with Crippen LogP contribution in [0.4, 0.5) is 0 Å². The van der Waals surface area contributed by atoms with Gasteiger partial charge in [-0.15, -0.1) is 0 Å². The van der Waals surface area contributed by atoms with Crippen molar-refractivity contribution in [2.45, 2.75) is 58.4 Å². The second-order valence-corrected chi connectivity index (χ2v) is 6.31. The summed E-state index contributed by atoms with van der Waals surface area (Å²) in [5.41, 5.74) is 1.53. The molecular formula is C12H19BrN2. The second kappa shape index (κ2) is 3.62. The fourth-order valence-electron chi connectivity index (χ4n) is 2.40. The maximum atomic E-state index is 4.69. The van der Waals surface area contributed by atoms with Gasteiger partial charge >= 0.3 is 0 Å². The summed E-state index contributed by atoms with van der Waals surface area (Å²) in [7, 11) is 0. The minimum absolute atomic E-state index is 0.137. The summed E-state index contributed by atoms with van der Waals surface area (Å²) in [6, 6.07) is 0. The lowest BCUT2D eigenvalue weighted by Crippen LogP contribution is -2.23. The zero-order valence-electron chi connectivity index (χ0n) is 9.97. The van der Waals surface area contributed by atoms with Crippen LogP contribution in [0.15, 0.2) is 4.60 Å². The normalized spacial score (nSPS) is 21.5. The molecule has 1 atom stereocenters. The molecule has 3 heteroatoms. The van der Waals surface area contributed by atoms with Gasteiger partial charge in [0.05, 0.1) is 5.69 Å². The van der Waals surface area contributed by atoms with Gasteiger partial charge in [0.15, 0.2) is 0 Å². The molecule has 0 saturated heterocycles. The smallest absolute Gasteiger partial charge is 0.127 e. The van der Waals surface area contributed by atoms with E-state index in [2.05, 4.69) is 48.2 Å².